The molecule has 0 saturated heterocycles. The van der Waals surface area contributed by atoms with Crippen LogP contribution in [-0.4, -0.2) is 36.8 Å². The number of ether oxygens (including phenoxy) is 2. The van der Waals surface area contributed by atoms with Crippen LogP contribution in [0.4, 0.5) is 0 Å². The normalized spacial score (nSPS) is 11.1. The van der Waals surface area contributed by atoms with Crippen LogP contribution in [0.2, 0.25) is 0 Å². The molecule has 0 heterocycles. The highest BCUT2D eigenvalue weighted by Crippen LogP contribution is 2.37. The van der Waals surface area contributed by atoms with E-state index in [1.54, 1.807) is 14.2 Å². The monoisotopic (exact) mass is 267 g/mol. The second kappa shape index (κ2) is 7.24. The largest absolute Gasteiger partial charge is 0.502 e. The number of benzene rings is 1. The Hall–Kier alpha value is -1.42. The number of methoxy groups -OCH3 is 2. The maximum Gasteiger partial charge on any atom is 0.200 e. The summed E-state index contributed by atoms with van der Waals surface area (Å²) in [6, 6.07) is 4.21. The van der Waals surface area contributed by atoms with Gasteiger partial charge in [-0.2, -0.15) is 0 Å². The Labute approximate surface area is 115 Å². The van der Waals surface area contributed by atoms with Gasteiger partial charge in [0.1, 0.15) is 0 Å². The highest BCUT2D eigenvalue weighted by atomic mass is 16.5. The zero-order valence-electron chi connectivity index (χ0n) is 12.6. The van der Waals surface area contributed by atoms with Gasteiger partial charge in [0.25, 0.3) is 0 Å². The predicted molar refractivity (Wildman–Crippen MR) is 77.0 cm³/mol. The molecule has 0 radical (unpaired) electrons. The van der Waals surface area contributed by atoms with E-state index in [0.29, 0.717) is 17.5 Å². The fourth-order valence-electron chi connectivity index (χ4n) is 2.08. The summed E-state index contributed by atoms with van der Waals surface area (Å²) in [6.45, 7) is 8.41. The Kier molecular flexibility index (Phi) is 5.96. The van der Waals surface area contributed by atoms with Crippen molar-refractivity contribution in [3.63, 3.8) is 0 Å². The minimum atomic E-state index is 0.0559. The minimum absolute atomic E-state index is 0.0559. The molecule has 1 rings (SSSR count). The lowest BCUT2D eigenvalue weighted by Gasteiger charge is -2.26. The van der Waals surface area contributed by atoms with E-state index in [1.807, 2.05) is 12.1 Å². The molecule has 0 aromatic heterocycles. The number of nitrogens with zero attached hydrogens (tertiary/aromatic N) is 1. The van der Waals surface area contributed by atoms with Gasteiger partial charge in [0.15, 0.2) is 11.5 Å². The first-order valence-corrected chi connectivity index (χ1v) is 6.71. The first-order valence-electron chi connectivity index (χ1n) is 6.71. The van der Waals surface area contributed by atoms with Crippen molar-refractivity contribution in [1.82, 2.24) is 4.90 Å². The number of phenolic OH excluding ortho intramolecular Hbond substituents is 1. The highest BCUT2D eigenvalue weighted by molar-refractivity contribution is 5.52. The molecular weight excluding hydrogens is 242 g/mol. The molecule has 1 N–H and O–H groups in total. The van der Waals surface area contributed by atoms with E-state index in [1.165, 1.54) is 0 Å². The van der Waals surface area contributed by atoms with Gasteiger partial charge in [0.05, 0.1) is 14.2 Å². The molecule has 0 amide bonds. The molecule has 0 aliphatic rings. The third kappa shape index (κ3) is 4.03. The smallest absolute Gasteiger partial charge is 0.200 e. The molecule has 0 fully saturated rings. The molecule has 0 aliphatic heterocycles. The first-order chi connectivity index (χ1) is 9.03. The lowest BCUT2D eigenvalue weighted by atomic mass is 10.1. The van der Waals surface area contributed by atoms with Crippen molar-refractivity contribution in [2.75, 3.05) is 20.8 Å². The molecule has 0 aliphatic carbocycles. The summed E-state index contributed by atoms with van der Waals surface area (Å²) in [4.78, 5) is 2.38. The van der Waals surface area contributed by atoms with Crippen LogP contribution in [0.3, 0.4) is 0 Å². The average Bonchev–Trinajstić information content (AvgIpc) is 2.39. The van der Waals surface area contributed by atoms with E-state index in [2.05, 4.69) is 25.7 Å². The van der Waals surface area contributed by atoms with Gasteiger partial charge in [0.2, 0.25) is 5.75 Å². The summed E-state index contributed by atoms with van der Waals surface area (Å²) >= 11 is 0. The molecule has 0 spiro atoms. The summed E-state index contributed by atoms with van der Waals surface area (Å²) in [5, 5.41) is 9.90. The second-order valence-corrected chi connectivity index (χ2v) is 4.91. The van der Waals surface area contributed by atoms with Gasteiger partial charge in [-0.25, -0.2) is 0 Å². The van der Waals surface area contributed by atoms with E-state index < -0.39 is 0 Å². The van der Waals surface area contributed by atoms with Crippen LogP contribution in [0.1, 0.15) is 32.8 Å². The van der Waals surface area contributed by atoms with E-state index >= 15 is 0 Å². The Morgan fingerprint density at radius 2 is 1.68 bits per heavy atom. The standard InChI is InChI=1S/C15H25NO3/c1-6-7-16(11(2)3)10-12-8-13(18-4)15(17)14(9-12)19-5/h8-9,11,17H,6-7,10H2,1-5H3. The molecule has 4 nitrogen and oxygen atoms in total. The number of hydrogen-bond acceptors (Lipinski definition) is 4. The van der Waals surface area contributed by atoms with Crippen LogP contribution in [-0.2, 0) is 6.54 Å². The fraction of sp³-hybridized carbons (Fsp3) is 0.600. The van der Waals surface area contributed by atoms with Gasteiger partial charge in [-0.15, -0.1) is 0 Å². The highest BCUT2D eigenvalue weighted by Gasteiger charge is 2.14. The van der Waals surface area contributed by atoms with E-state index in [-0.39, 0.29) is 5.75 Å². The summed E-state index contributed by atoms with van der Waals surface area (Å²) < 4.78 is 10.4. The van der Waals surface area contributed by atoms with Crippen LogP contribution in [0.5, 0.6) is 17.2 Å². The summed E-state index contributed by atoms with van der Waals surface area (Å²) in [6.07, 6.45) is 1.12. The number of hydrogen-bond donors (Lipinski definition) is 1. The van der Waals surface area contributed by atoms with Crippen LogP contribution < -0.4 is 9.47 Å². The molecule has 4 heteroatoms. The van der Waals surface area contributed by atoms with Crippen molar-refractivity contribution in [2.45, 2.75) is 39.8 Å². The van der Waals surface area contributed by atoms with Gasteiger partial charge in [-0.05, 0) is 44.5 Å². The van der Waals surface area contributed by atoms with Crippen molar-refractivity contribution in [1.29, 1.82) is 0 Å². The lowest BCUT2D eigenvalue weighted by molar-refractivity contribution is 0.212. The Balaban J connectivity index is 2.99. The summed E-state index contributed by atoms with van der Waals surface area (Å²) in [7, 11) is 3.09. The minimum Gasteiger partial charge on any atom is -0.502 e. The molecule has 108 valence electrons. The van der Waals surface area contributed by atoms with Gasteiger partial charge in [0, 0.05) is 12.6 Å². The Morgan fingerprint density at radius 3 is 2.05 bits per heavy atom. The summed E-state index contributed by atoms with van der Waals surface area (Å²) in [5.41, 5.74) is 1.08. The van der Waals surface area contributed by atoms with Crippen LogP contribution in [0, 0.1) is 0 Å². The van der Waals surface area contributed by atoms with Crippen molar-refractivity contribution in [2.24, 2.45) is 0 Å². The maximum atomic E-state index is 9.90. The first kappa shape index (κ1) is 15.6. The van der Waals surface area contributed by atoms with Crippen LogP contribution in [0.25, 0.3) is 0 Å². The quantitative estimate of drug-likeness (QED) is 0.824. The van der Waals surface area contributed by atoms with Gasteiger partial charge >= 0.3 is 0 Å². The van der Waals surface area contributed by atoms with E-state index in [9.17, 15) is 5.11 Å². The van der Waals surface area contributed by atoms with E-state index in [4.69, 9.17) is 9.47 Å². The maximum absolute atomic E-state index is 9.90. The van der Waals surface area contributed by atoms with Gasteiger partial charge < -0.3 is 14.6 Å². The van der Waals surface area contributed by atoms with Crippen LogP contribution in [0.15, 0.2) is 12.1 Å². The van der Waals surface area contributed by atoms with Crippen molar-refractivity contribution in [3.8, 4) is 17.2 Å². The zero-order valence-corrected chi connectivity index (χ0v) is 12.6. The number of aromatic hydroxyl groups is 1. The SMILES string of the molecule is CCCN(Cc1cc(OC)c(O)c(OC)c1)C(C)C. The van der Waals surface area contributed by atoms with Crippen molar-refractivity contribution >= 4 is 0 Å². The van der Waals surface area contributed by atoms with Crippen LogP contribution >= 0.6 is 0 Å². The fourth-order valence-corrected chi connectivity index (χ4v) is 2.08. The molecule has 0 bridgehead atoms. The Morgan fingerprint density at radius 1 is 1.16 bits per heavy atom. The molecule has 0 saturated carbocycles. The van der Waals surface area contributed by atoms with Gasteiger partial charge in [-0.1, -0.05) is 6.92 Å². The molecule has 0 unspecified atom stereocenters. The molecule has 1 aromatic carbocycles. The third-order valence-corrected chi connectivity index (χ3v) is 3.17. The Bertz CT molecular complexity index is 379. The third-order valence-electron chi connectivity index (χ3n) is 3.17. The molecule has 1 aromatic rings. The lowest BCUT2D eigenvalue weighted by Crippen LogP contribution is -2.31. The van der Waals surface area contributed by atoms with E-state index in [0.717, 1.165) is 25.1 Å². The molecule has 19 heavy (non-hydrogen) atoms. The number of phenols is 1. The topological polar surface area (TPSA) is 41.9 Å². The van der Waals surface area contributed by atoms with Crippen molar-refractivity contribution < 1.29 is 14.6 Å². The van der Waals surface area contributed by atoms with Crippen molar-refractivity contribution in [3.05, 3.63) is 17.7 Å². The number of rotatable bonds is 7. The van der Waals surface area contributed by atoms with Gasteiger partial charge in [-0.3, -0.25) is 4.90 Å². The second-order valence-electron chi connectivity index (χ2n) is 4.91. The summed E-state index contributed by atoms with van der Waals surface area (Å²) in [5.74, 6) is 0.962. The predicted octanol–water partition coefficient (Wildman–Crippen LogP) is 3.03. The molecular formula is C15H25NO3. The zero-order chi connectivity index (χ0) is 14.4. The molecule has 0 atom stereocenters. The average molecular weight is 267 g/mol.